The fourth-order valence-corrected chi connectivity index (χ4v) is 5.98. The Balaban J connectivity index is 1.39. The van der Waals surface area contributed by atoms with Crippen LogP contribution in [0.5, 0.6) is 11.5 Å². The summed E-state index contributed by atoms with van der Waals surface area (Å²) < 4.78 is 58.4. The highest BCUT2D eigenvalue weighted by molar-refractivity contribution is 7.90. The van der Waals surface area contributed by atoms with Crippen LogP contribution in [0, 0.1) is 11.8 Å². The molecular formula is C29H34F2N2O5S. The molecule has 0 atom stereocenters. The Labute approximate surface area is 228 Å². The average Bonchev–Trinajstić information content (AvgIpc) is 3.71. The van der Waals surface area contributed by atoms with Gasteiger partial charge in [0, 0.05) is 62.8 Å². The molecule has 3 aliphatic rings. The van der Waals surface area contributed by atoms with Crippen molar-refractivity contribution in [3.05, 3.63) is 58.7 Å². The molecule has 2 aromatic rings. The number of hydrogen-bond donors (Lipinski definition) is 0. The third kappa shape index (κ3) is 6.26. The molecule has 0 N–H and O–H groups in total. The lowest BCUT2D eigenvalue weighted by Gasteiger charge is -2.40. The molecule has 0 bridgehead atoms. The van der Waals surface area contributed by atoms with E-state index in [1.165, 1.54) is 12.1 Å². The first-order chi connectivity index (χ1) is 18.4. The van der Waals surface area contributed by atoms with Gasteiger partial charge in [0.1, 0.15) is 21.3 Å². The summed E-state index contributed by atoms with van der Waals surface area (Å²) >= 11 is 0. The Morgan fingerprint density at radius 3 is 2.36 bits per heavy atom. The zero-order chi connectivity index (χ0) is 27.9. The molecule has 10 heteroatoms. The maximum Gasteiger partial charge on any atom is 0.276 e. The standard InChI is InChI=1S/C29H34F2N2O5S/c1-19(34)33-16-20(17-33)15-25-26-18-32(28(35)12-14-39(2,36)37)13-11-21(26)3-10-27(25)38-24-8-6-23(7-9-24)29(30,31)22-4-5-22/h3,6-10,20,22H,4-5,11-18H2,1-2H3. The number of carbonyl (C=O) groups excluding carboxylic acids is 2. The van der Waals surface area contributed by atoms with Crippen LogP contribution >= 0.6 is 0 Å². The molecule has 2 fully saturated rings. The maximum absolute atomic E-state index is 14.5. The lowest BCUT2D eigenvalue weighted by atomic mass is 9.85. The molecule has 210 valence electrons. The minimum absolute atomic E-state index is 0.00921. The van der Waals surface area contributed by atoms with Crippen molar-refractivity contribution in [2.45, 2.75) is 51.5 Å². The molecule has 1 saturated carbocycles. The van der Waals surface area contributed by atoms with E-state index in [2.05, 4.69) is 0 Å². The van der Waals surface area contributed by atoms with Crippen molar-refractivity contribution in [1.29, 1.82) is 0 Å². The van der Waals surface area contributed by atoms with Gasteiger partial charge in [-0.15, -0.1) is 0 Å². The van der Waals surface area contributed by atoms with Crippen LogP contribution in [0.3, 0.4) is 0 Å². The van der Waals surface area contributed by atoms with Crippen molar-refractivity contribution in [3.8, 4) is 11.5 Å². The van der Waals surface area contributed by atoms with Crippen molar-refractivity contribution < 1.29 is 31.5 Å². The number of rotatable bonds is 9. The lowest BCUT2D eigenvalue weighted by molar-refractivity contribution is -0.135. The van der Waals surface area contributed by atoms with E-state index in [-0.39, 0.29) is 35.5 Å². The summed E-state index contributed by atoms with van der Waals surface area (Å²) in [5.41, 5.74) is 3.01. The lowest BCUT2D eigenvalue weighted by Crippen LogP contribution is -2.50. The summed E-state index contributed by atoms with van der Waals surface area (Å²) in [6.07, 6.45) is 3.43. The normalized spacial score (nSPS) is 17.9. The number of halogens is 2. The first kappa shape index (κ1) is 27.6. The van der Waals surface area contributed by atoms with Gasteiger partial charge in [0.2, 0.25) is 11.8 Å². The minimum Gasteiger partial charge on any atom is -0.457 e. The third-order valence-corrected chi connectivity index (χ3v) is 8.92. The third-order valence-electron chi connectivity index (χ3n) is 7.98. The second-order valence-corrected chi connectivity index (χ2v) is 13.4. The molecule has 5 rings (SSSR count). The molecule has 0 spiro atoms. The van der Waals surface area contributed by atoms with Gasteiger partial charge in [0.05, 0.1) is 5.75 Å². The van der Waals surface area contributed by atoms with E-state index in [4.69, 9.17) is 4.74 Å². The SMILES string of the molecule is CC(=O)N1CC(Cc2c(Oc3ccc(C(F)(F)C4CC4)cc3)ccc3c2CN(C(=O)CCS(C)(=O)=O)CC3)C1. The number of fused-ring (bicyclic) bond motifs is 1. The highest BCUT2D eigenvalue weighted by Crippen LogP contribution is 2.50. The van der Waals surface area contributed by atoms with Crippen molar-refractivity contribution in [3.63, 3.8) is 0 Å². The number of alkyl halides is 2. The van der Waals surface area contributed by atoms with Gasteiger partial charge in [0.25, 0.3) is 5.92 Å². The fraction of sp³-hybridized carbons (Fsp3) is 0.517. The Bertz CT molecular complexity index is 1370. The van der Waals surface area contributed by atoms with E-state index in [0.717, 1.165) is 22.9 Å². The number of amides is 2. The fourth-order valence-electron chi connectivity index (χ4n) is 5.44. The Hall–Kier alpha value is -3.01. The second kappa shape index (κ2) is 10.5. The van der Waals surface area contributed by atoms with Crippen molar-refractivity contribution >= 4 is 21.7 Å². The molecule has 0 unspecified atom stereocenters. The summed E-state index contributed by atoms with van der Waals surface area (Å²) in [5.74, 6) is -2.51. The van der Waals surface area contributed by atoms with E-state index in [1.807, 2.05) is 12.1 Å². The van der Waals surface area contributed by atoms with Gasteiger partial charge >= 0.3 is 0 Å². The van der Waals surface area contributed by atoms with Crippen molar-refractivity contribution in [2.24, 2.45) is 11.8 Å². The number of likely N-dealkylation sites (tertiary alicyclic amines) is 1. The van der Waals surface area contributed by atoms with Crippen LogP contribution in [-0.4, -0.2) is 61.7 Å². The van der Waals surface area contributed by atoms with E-state index >= 15 is 0 Å². The number of benzene rings is 2. The summed E-state index contributed by atoms with van der Waals surface area (Å²) in [4.78, 5) is 28.0. The molecule has 0 aromatic heterocycles. The summed E-state index contributed by atoms with van der Waals surface area (Å²) in [5, 5.41) is 0. The minimum atomic E-state index is -3.25. The topological polar surface area (TPSA) is 84.0 Å². The van der Waals surface area contributed by atoms with Gasteiger partial charge in [-0.3, -0.25) is 9.59 Å². The predicted octanol–water partition coefficient (Wildman–Crippen LogP) is 4.32. The average molecular weight is 561 g/mol. The van der Waals surface area contributed by atoms with Gasteiger partial charge in [-0.2, -0.15) is 0 Å². The first-order valence-corrected chi connectivity index (χ1v) is 15.5. The Kier molecular flexibility index (Phi) is 7.43. The van der Waals surface area contributed by atoms with Crippen LogP contribution in [0.2, 0.25) is 0 Å². The Morgan fingerprint density at radius 2 is 1.74 bits per heavy atom. The summed E-state index contributed by atoms with van der Waals surface area (Å²) in [6, 6.07) is 9.84. The largest absolute Gasteiger partial charge is 0.457 e. The first-order valence-electron chi connectivity index (χ1n) is 13.4. The van der Waals surface area contributed by atoms with E-state index in [9.17, 15) is 26.8 Å². The monoisotopic (exact) mass is 560 g/mol. The van der Waals surface area contributed by atoms with Crippen LogP contribution in [0.4, 0.5) is 8.78 Å². The predicted molar refractivity (Wildman–Crippen MR) is 142 cm³/mol. The molecule has 1 aliphatic carbocycles. The number of nitrogens with zero attached hydrogens (tertiary/aromatic N) is 2. The molecule has 39 heavy (non-hydrogen) atoms. The maximum atomic E-state index is 14.5. The van der Waals surface area contributed by atoms with Gasteiger partial charge in [-0.25, -0.2) is 17.2 Å². The quantitative estimate of drug-likeness (QED) is 0.456. The summed E-state index contributed by atoms with van der Waals surface area (Å²) in [7, 11) is -3.25. The summed E-state index contributed by atoms with van der Waals surface area (Å²) in [6.45, 7) is 3.68. The zero-order valence-electron chi connectivity index (χ0n) is 22.3. The van der Waals surface area contributed by atoms with Gasteiger partial charge in [-0.05, 0) is 73.1 Å². The number of sulfone groups is 1. The van der Waals surface area contributed by atoms with Crippen LogP contribution in [0.1, 0.15) is 48.4 Å². The molecule has 7 nitrogen and oxygen atoms in total. The second-order valence-electron chi connectivity index (χ2n) is 11.1. The van der Waals surface area contributed by atoms with Crippen LogP contribution < -0.4 is 4.74 Å². The molecule has 2 heterocycles. The van der Waals surface area contributed by atoms with Gasteiger partial charge in [-0.1, -0.05) is 6.07 Å². The molecule has 1 saturated heterocycles. The van der Waals surface area contributed by atoms with Crippen molar-refractivity contribution in [2.75, 3.05) is 31.6 Å². The molecule has 0 radical (unpaired) electrons. The van der Waals surface area contributed by atoms with E-state index in [0.29, 0.717) is 63.4 Å². The molecule has 2 aliphatic heterocycles. The number of hydrogen-bond acceptors (Lipinski definition) is 5. The molecular weight excluding hydrogens is 526 g/mol. The van der Waals surface area contributed by atoms with Crippen molar-refractivity contribution in [1.82, 2.24) is 9.80 Å². The zero-order valence-corrected chi connectivity index (χ0v) is 23.1. The van der Waals surface area contributed by atoms with Gasteiger partial charge in [0.15, 0.2) is 0 Å². The van der Waals surface area contributed by atoms with E-state index < -0.39 is 21.7 Å². The molecule has 2 amide bonds. The van der Waals surface area contributed by atoms with Gasteiger partial charge < -0.3 is 14.5 Å². The smallest absolute Gasteiger partial charge is 0.276 e. The highest BCUT2D eigenvalue weighted by atomic mass is 32.2. The van der Waals surface area contributed by atoms with Crippen LogP contribution in [0.15, 0.2) is 36.4 Å². The van der Waals surface area contributed by atoms with Crippen LogP contribution in [0.25, 0.3) is 0 Å². The number of ether oxygens (including phenoxy) is 1. The van der Waals surface area contributed by atoms with E-state index in [1.54, 1.807) is 28.9 Å². The molecule has 2 aromatic carbocycles. The number of carbonyl (C=O) groups is 2. The Morgan fingerprint density at radius 1 is 1.05 bits per heavy atom. The highest BCUT2D eigenvalue weighted by Gasteiger charge is 2.47. The van der Waals surface area contributed by atoms with Crippen LogP contribution in [-0.2, 0) is 44.7 Å².